The molecule has 2 aliphatic rings. The second kappa shape index (κ2) is 11.1. The van der Waals surface area contributed by atoms with Crippen LogP contribution in [0, 0.1) is 6.92 Å². The van der Waals surface area contributed by atoms with Gasteiger partial charge in [-0.05, 0) is 51.0 Å². The summed E-state index contributed by atoms with van der Waals surface area (Å²) in [5.41, 5.74) is -0.692. The molecule has 0 bridgehead atoms. The number of aromatic nitrogens is 6. The summed E-state index contributed by atoms with van der Waals surface area (Å²) in [5, 5.41) is 16.9. The number of halogens is 3. The first-order chi connectivity index (χ1) is 21.1. The lowest BCUT2D eigenvalue weighted by Gasteiger charge is -2.28. The van der Waals surface area contributed by atoms with Crippen molar-refractivity contribution in [1.29, 1.82) is 0 Å². The van der Waals surface area contributed by atoms with E-state index in [0.29, 0.717) is 62.1 Å². The first kappa shape index (κ1) is 29.6. The van der Waals surface area contributed by atoms with Gasteiger partial charge in [0.15, 0.2) is 11.4 Å². The van der Waals surface area contributed by atoms with E-state index in [-0.39, 0.29) is 36.2 Å². The van der Waals surface area contributed by atoms with Crippen molar-refractivity contribution in [3.05, 3.63) is 29.7 Å². The molecule has 1 unspecified atom stereocenters. The minimum atomic E-state index is -4.65. The topological polar surface area (TPSA) is 111 Å². The SMILES string of the molecule is CSc1nc(N2CCOC[C@@](C)(O)C2)c2c(n1)sc1c(-c3c(C(F)(F)F)c(C)cc4c3cnn4C3CCCCO3)ncnc12. The van der Waals surface area contributed by atoms with Crippen molar-refractivity contribution in [3.8, 4) is 11.3 Å². The zero-order chi connectivity index (χ0) is 30.8. The van der Waals surface area contributed by atoms with Gasteiger partial charge in [0, 0.05) is 24.1 Å². The van der Waals surface area contributed by atoms with E-state index in [2.05, 4.69) is 15.1 Å². The third-order valence-corrected chi connectivity index (χ3v) is 9.68. The molecule has 2 fully saturated rings. The van der Waals surface area contributed by atoms with Gasteiger partial charge in [0.25, 0.3) is 0 Å². The molecule has 2 aliphatic heterocycles. The predicted octanol–water partition coefficient (Wildman–Crippen LogP) is 5.99. The molecular formula is C29H30F3N7O3S2. The Morgan fingerprint density at radius 2 is 2.02 bits per heavy atom. The summed E-state index contributed by atoms with van der Waals surface area (Å²) in [7, 11) is 0. The molecule has 6 heterocycles. The average Bonchev–Trinajstić information content (AvgIpc) is 3.53. The van der Waals surface area contributed by atoms with Crippen molar-refractivity contribution in [1.82, 2.24) is 29.7 Å². The van der Waals surface area contributed by atoms with E-state index in [0.717, 1.165) is 19.3 Å². The molecule has 15 heteroatoms. The van der Waals surface area contributed by atoms with Crippen molar-refractivity contribution < 1.29 is 27.8 Å². The molecule has 7 rings (SSSR count). The Hall–Kier alpha value is -3.11. The van der Waals surface area contributed by atoms with Crippen molar-refractivity contribution >= 4 is 60.3 Å². The Morgan fingerprint density at radius 1 is 1.18 bits per heavy atom. The molecule has 0 saturated carbocycles. The van der Waals surface area contributed by atoms with Gasteiger partial charge in [-0.25, -0.2) is 24.6 Å². The molecule has 5 aromatic rings. The first-order valence-corrected chi connectivity index (χ1v) is 16.3. The zero-order valence-electron chi connectivity index (χ0n) is 24.3. The summed E-state index contributed by atoms with van der Waals surface area (Å²) in [5.74, 6) is 0.550. The van der Waals surface area contributed by atoms with E-state index in [9.17, 15) is 18.3 Å². The minimum absolute atomic E-state index is 0.0424. The van der Waals surface area contributed by atoms with Crippen LogP contribution >= 0.6 is 23.1 Å². The van der Waals surface area contributed by atoms with Crippen LogP contribution in [-0.4, -0.2) is 79.6 Å². The van der Waals surface area contributed by atoms with Crippen LogP contribution in [0.3, 0.4) is 0 Å². The number of nitrogens with zero attached hydrogens (tertiary/aromatic N) is 7. The third kappa shape index (κ3) is 5.07. The number of anilines is 1. The highest BCUT2D eigenvalue weighted by atomic mass is 32.2. The highest BCUT2D eigenvalue weighted by molar-refractivity contribution is 7.98. The molecule has 44 heavy (non-hydrogen) atoms. The molecule has 0 radical (unpaired) electrons. The van der Waals surface area contributed by atoms with Crippen LogP contribution in [0.15, 0.2) is 23.7 Å². The summed E-state index contributed by atoms with van der Waals surface area (Å²) in [6.07, 6.45) is 2.25. The van der Waals surface area contributed by atoms with Gasteiger partial charge in [0.05, 0.1) is 58.3 Å². The number of fused-ring (bicyclic) bond motifs is 4. The molecule has 10 nitrogen and oxygen atoms in total. The Kier molecular flexibility index (Phi) is 7.43. The van der Waals surface area contributed by atoms with Crippen LogP contribution in [0.2, 0.25) is 0 Å². The van der Waals surface area contributed by atoms with Crippen molar-refractivity contribution in [2.75, 3.05) is 44.1 Å². The zero-order valence-corrected chi connectivity index (χ0v) is 25.9. The maximum atomic E-state index is 14.8. The van der Waals surface area contributed by atoms with Gasteiger partial charge < -0.3 is 19.5 Å². The molecule has 4 aromatic heterocycles. The number of hydrogen-bond donors (Lipinski definition) is 1. The predicted molar refractivity (Wildman–Crippen MR) is 163 cm³/mol. The molecular weight excluding hydrogens is 615 g/mol. The average molecular weight is 646 g/mol. The normalized spacial score (nSPS) is 21.9. The van der Waals surface area contributed by atoms with Crippen molar-refractivity contribution in [2.24, 2.45) is 0 Å². The molecule has 2 saturated heterocycles. The molecule has 0 spiro atoms. The Bertz CT molecular complexity index is 1890. The Morgan fingerprint density at radius 3 is 2.77 bits per heavy atom. The maximum Gasteiger partial charge on any atom is 0.417 e. The summed E-state index contributed by atoms with van der Waals surface area (Å²) >= 11 is 2.60. The lowest BCUT2D eigenvalue weighted by molar-refractivity contribution is -0.137. The highest BCUT2D eigenvalue weighted by Crippen LogP contribution is 2.48. The van der Waals surface area contributed by atoms with Crippen molar-refractivity contribution in [3.63, 3.8) is 0 Å². The Balaban J connectivity index is 1.51. The fourth-order valence-electron chi connectivity index (χ4n) is 6.19. The molecule has 0 aliphatic carbocycles. The number of hydrogen-bond acceptors (Lipinski definition) is 11. The number of aryl methyl sites for hydroxylation is 1. The van der Waals surface area contributed by atoms with Gasteiger partial charge >= 0.3 is 6.18 Å². The molecule has 1 aromatic carbocycles. The Labute approximate surface area is 258 Å². The first-order valence-electron chi connectivity index (χ1n) is 14.3. The van der Waals surface area contributed by atoms with Crippen molar-refractivity contribution in [2.45, 2.75) is 56.3 Å². The van der Waals surface area contributed by atoms with E-state index in [4.69, 9.17) is 19.4 Å². The monoisotopic (exact) mass is 645 g/mol. The minimum Gasteiger partial charge on any atom is -0.386 e. The number of rotatable bonds is 4. The largest absolute Gasteiger partial charge is 0.417 e. The fourth-order valence-corrected chi connectivity index (χ4v) is 7.73. The fraction of sp³-hybridized carbons (Fsp3) is 0.483. The van der Waals surface area contributed by atoms with E-state index >= 15 is 0 Å². The lowest BCUT2D eigenvalue weighted by atomic mass is 9.94. The summed E-state index contributed by atoms with van der Waals surface area (Å²) in [4.78, 5) is 21.1. The standard InChI is InChI=1S/C29H30F3N7O3S2/c1-15-10-17-16(11-35-39(17)18-6-4-5-8-42-18)19(21(15)29(30,31)32)22-24-23(34-14-33-22)20-25(36-27(43-3)37-26(20)44-24)38-7-9-41-13-28(2,40)12-38/h10-11,14,18,40H,4-9,12-13H2,1-3H3/t18?,28-/m0/s1. The molecule has 232 valence electrons. The van der Waals surface area contributed by atoms with Crippen LogP contribution in [0.25, 0.3) is 42.6 Å². The number of benzene rings is 1. The van der Waals surface area contributed by atoms with E-state index in [1.807, 2.05) is 11.2 Å². The van der Waals surface area contributed by atoms with Crippen LogP contribution in [0.1, 0.15) is 43.5 Å². The van der Waals surface area contributed by atoms with Crippen LogP contribution in [-0.2, 0) is 15.7 Å². The quantitative estimate of drug-likeness (QED) is 0.185. The van der Waals surface area contributed by atoms with Gasteiger partial charge in [0.1, 0.15) is 22.6 Å². The van der Waals surface area contributed by atoms with Gasteiger partial charge in [0.2, 0.25) is 0 Å². The summed E-state index contributed by atoms with van der Waals surface area (Å²) in [6.45, 7) is 5.01. The number of thioether (sulfide) groups is 1. The van der Waals surface area contributed by atoms with Crippen LogP contribution < -0.4 is 4.90 Å². The molecule has 1 N–H and O–H groups in total. The summed E-state index contributed by atoms with van der Waals surface area (Å²) in [6, 6.07) is 1.54. The van der Waals surface area contributed by atoms with E-state index in [1.54, 1.807) is 11.6 Å². The van der Waals surface area contributed by atoms with Crippen LogP contribution in [0.5, 0.6) is 0 Å². The second-order valence-electron chi connectivity index (χ2n) is 11.5. The molecule has 2 atom stereocenters. The van der Waals surface area contributed by atoms with Crippen LogP contribution in [0.4, 0.5) is 19.0 Å². The lowest BCUT2D eigenvalue weighted by Crippen LogP contribution is -2.42. The summed E-state index contributed by atoms with van der Waals surface area (Å²) < 4.78 is 58.3. The molecule has 0 amide bonds. The van der Waals surface area contributed by atoms with Gasteiger partial charge in [-0.2, -0.15) is 18.3 Å². The number of alkyl halides is 3. The maximum absolute atomic E-state index is 14.8. The highest BCUT2D eigenvalue weighted by Gasteiger charge is 2.39. The van der Waals surface area contributed by atoms with E-state index in [1.165, 1.54) is 48.6 Å². The third-order valence-electron chi connectivity index (χ3n) is 8.06. The van der Waals surface area contributed by atoms with E-state index < -0.39 is 17.3 Å². The van der Waals surface area contributed by atoms with Gasteiger partial charge in [-0.3, -0.25) is 0 Å². The number of thiophene rings is 1. The second-order valence-corrected chi connectivity index (χ2v) is 13.2. The smallest absolute Gasteiger partial charge is 0.386 e. The number of ether oxygens (including phenoxy) is 2. The number of β-amino-alcohol motifs (C(OH)–C–C–N with tert-alkyl or cyclic N) is 1. The van der Waals surface area contributed by atoms with Gasteiger partial charge in [-0.1, -0.05) is 11.8 Å². The van der Waals surface area contributed by atoms with Gasteiger partial charge in [-0.15, -0.1) is 11.3 Å². The number of aliphatic hydroxyl groups is 1.